The van der Waals surface area contributed by atoms with Crippen LogP contribution >= 0.6 is 0 Å². The van der Waals surface area contributed by atoms with E-state index >= 15 is 0 Å². The van der Waals surface area contributed by atoms with Crippen molar-refractivity contribution in [1.82, 2.24) is 15.1 Å². The Morgan fingerprint density at radius 1 is 0.967 bits per heavy atom. The molecule has 1 aliphatic rings. The molecule has 30 heavy (non-hydrogen) atoms. The van der Waals surface area contributed by atoms with Gasteiger partial charge >= 0.3 is 17.8 Å². The van der Waals surface area contributed by atoms with Crippen molar-refractivity contribution in [2.24, 2.45) is 0 Å². The van der Waals surface area contributed by atoms with Gasteiger partial charge in [0, 0.05) is 5.39 Å². The molecular weight excluding hydrogens is 386 g/mol. The number of nitrogens with one attached hydrogen (secondary N) is 1. The van der Waals surface area contributed by atoms with E-state index in [0.29, 0.717) is 21.8 Å². The monoisotopic (exact) mass is 405 g/mol. The minimum absolute atomic E-state index is 0.0300. The predicted molar refractivity (Wildman–Crippen MR) is 107 cm³/mol. The number of para-hydroxylation sites is 1. The van der Waals surface area contributed by atoms with Crippen molar-refractivity contribution in [3.63, 3.8) is 0 Å². The first-order valence-corrected chi connectivity index (χ1v) is 9.43. The summed E-state index contributed by atoms with van der Waals surface area (Å²) in [6.07, 6.45) is 0. The molecule has 8 nitrogen and oxygen atoms in total. The number of furan rings is 1. The van der Waals surface area contributed by atoms with Crippen LogP contribution in [0.3, 0.4) is 0 Å². The number of hydrogen-bond acceptors (Lipinski definition) is 5. The quantitative estimate of drug-likeness (QED) is 0.502. The molecule has 2 aromatic carbocycles. The Kier molecular flexibility index (Phi) is 5.05. The van der Waals surface area contributed by atoms with Gasteiger partial charge in [-0.1, -0.05) is 48.5 Å². The lowest BCUT2D eigenvalue weighted by Crippen LogP contribution is -2.42. The third-order valence-electron chi connectivity index (χ3n) is 4.87. The molecule has 3 aromatic rings. The van der Waals surface area contributed by atoms with Crippen LogP contribution in [0.4, 0.5) is 4.79 Å². The highest BCUT2D eigenvalue weighted by Crippen LogP contribution is 2.23. The van der Waals surface area contributed by atoms with Crippen LogP contribution in [0, 0.1) is 0 Å². The Morgan fingerprint density at radius 2 is 1.63 bits per heavy atom. The van der Waals surface area contributed by atoms with Crippen molar-refractivity contribution in [2.75, 3.05) is 6.54 Å². The van der Waals surface area contributed by atoms with Gasteiger partial charge in [-0.05, 0) is 24.6 Å². The molecule has 1 aliphatic heterocycles. The molecule has 1 N–H and O–H groups in total. The maximum absolute atomic E-state index is 12.6. The zero-order valence-corrected chi connectivity index (χ0v) is 16.2. The molecule has 2 heterocycles. The standard InChI is InChI=1S/C22H19N3O5/c1-14(18-11-16-9-5-6-10-17(16)30-18)23-19(26)13-25-21(28)20(27)24(22(25)29)12-15-7-3-2-4-8-15/h2-11,14H,12-13H2,1H3,(H,23,26). The van der Waals surface area contributed by atoms with Crippen molar-refractivity contribution in [1.29, 1.82) is 0 Å². The molecular formula is C22H19N3O5. The number of hydrogen-bond donors (Lipinski definition) is 1. The van der Waals surface area contributed by atoms with Crippen LogP contribution in [0.1, 0.15) is 24.3 Å². The second-order valence-corrected chi connectivity index (χ2v) is 7.03. The molecule has 152 valence electrons. The molecule has 4 rings (SSSR count). The molecule has 1 fully saturated rings. The first-order valence-electron chi connectivity index (χ1n) is 9.43. The number of rotatable bonds is 6. The van der Waals surface area contributed by atoms with Crippen LogP contribution in [0.15, 0.2) is 65.1 Å². The molecule has 0 saturated carbocycles. The summed E-state index contributed by atoms with van der Waals surface area (Å²) in [4.78, 5) is 50.9. The summed E-state index contributed by atoms with van der Waals surface area (Å²) in [5.74, 6) is -1.98. The van der Waals surface area contributed by atoms with Gasteiger partial charge < -0.3 is 9.73 Å². The van der Waals surface area contributed by atoms with Gasteiger partial charge in [-0.25, -0.2) is 9.69 Å². The highest BCUT2D eigenvalue weighted by molar-refractivity contribution is 6.44. The minimum Gasteiger partial charge on any atom is -0.459 e. The fourth-order valence-electron chi connectivity index (χ4n) is 3.31. The predicted octanol–water partition coefficient (Wildman–Crippen LogP) is 2.60. The maximum atomic E-state index is 12.6. The van der Waals surface area contributed by atoms with Crippen LogP contribution in [0.2, 0.25) is 0 Å². The summed E-state index contributed by atoms with van der Waals surface area (Å²) in [6.45, 7) is 1.16. The second kappa shape index (κ2) is 7.82. The van der Waals surface area contributed by atoms with Crippen LogP contribution in [0.5, 0.6) is 0 Å². The van der Waals surface area contributed by atoms with Gasteiger partial charge in [0.25, 0.3) is 0 Å². The van der Waals surface area contributed by atoms with Crippen LogP contribution < -0.4 is 5.32 Å². The number of urea groups is 1. The lowest BCUT2D eigenvalue weighted by molar-refractivity contribution is -0.144. The van der Waals surface area contributed by atoms with Gasteiger partial charge in [0.15, 0.2) is 0 Å². The van der Waals surface area contributed by atoms with Gasteiger partial charge in [0.1, 0.15) is 17.9 Å². The van der Waals surface area contributed by atoms with E-state index in [2.05, 4.69) is 5.32 Å². The molecule has 0 bridgehead atoms. The van der Waals surface area contributed by atoms with Crippen molar-refractivity contribution in [3.05, 3.63) is 72.0 Å². The smallest absolute Gasteiger partial charge is 0.335 e. The molecule has 1 unspecified atom stereocenters. The van der Waals surface area contributed by atoms with E-state index in [-0.39, 0.29) is 6.54 Å². The van der Waals surface area contributed by atoms with E-state index in [0.717, 1.165) is 10.3 Å². The number of nitrogens with zero attached hydrogens (tertiary/aromatic N) is 2. The molecule has 0 aliphatic carbocycles. The molecule has 0 radical (unpaired) electrons. The first kappa shape index (κ1) is 19.4. The summed E-state index contributed by atoms with van der Waals surface area (Å²) < 4.78 is 5.72. The normalized spacial score (nSPS) is 15.2. The van der Waals surface area contributed by atoms with Crippen molar-refractivity contribution < 1.29 is 23.6 Å². The summed E-state index contributed by atoms with van der Waals surface area (Å²) in [5.41, 5.74) is 1.40. The van der Waals surface area contributed by atoms with Crippen LogP contribution in [-0.2, 0) is 20.9 Å². The zero-order chi connectivity index (χ0) is 21.3. The third kappa shape index (κ3) is 3.67. The number of benzene rings is 2. The van der Waals surface area contributed by atoms with Crippen LogP contribution in [0.25, 0.3) is 11.0 Å². The Balaban J connectivity index is 1.41. The second-order valence-electron chi connectivity index (χ2n) is 7.03. The van der Waals surface area contributed by atoms with Gasteiger partial charge in [0.05, 0.1) is 12.6 Å². The fraction of sp³-hybridized carbons (Fsp3) is 0.182. The molecule has 1 aromatic heterocycles. The van der Waals surface area contributed by atoms with Crippen molar-refractivity contribution in [2.45, 2.75) is 19.5 Å². The fourth-order valence-corrected chi connectivity index (χ4v) is 3.31. The summed E-state index contributed by atoms with van der Waals surface area (Å²) in [6, 6.07) is 16.8. The SMILES string of the molecule is CC(NC(=O)CN1C(=O)C(=O)N(Cc2ccccc2)C1=O)c1cc2ccccc2o1. The van der Waals surface area contributed by atoms with Crippen LogP contribution in [-0.4, -0.2) is 40.1 Å². The largest absolute Gasteiger partial charge is 0.459 e. The molecule has 5 amide bonds. The van der Waals surface area contributed by atoms with E-state index in [1.807, 2.05) is 36.4 Å². The van der Waals surface area contributed by atoms with E-state index < -0.39 is 36.3 Å². The Bertz CT molecular complexity index is 1100. The Labute approximate surface area is 172 Å². The molecule has 1 atom stereocenters. The maximum Gasteiger partial charge on any atom is 0.335 e. The number of carbonyl (C=O) groups is 4. The number of carbonyl (C=O) groups excluding carboxylic acids is 4. The summed E-state index contributed by atoms with van der Waals surface area (Å²) in [5, 5.41) is 3.60. The topological polar surface area (TPSA) is 99.9 Å². The average molecular weight is 405 g/mol. The lowest BCUT2D eigenvalue weighted by atomic mass is 10.2. The van der Waals surface area contributed by atoms with Gasteiger partial charge in [-0.2, -0.15) is 0 Å². The van der Waals surface area contributed by atoms with Gasteiger partial charge in [-0.15, -0.1) is 0 Å². The van der Waals surface area contributed by atoms with E-state index in [4.69, 9.17) is 4.42 Å². The number of fused-ring (bicyclic) bond motifs is 1. The molecule has 1 saturated heterocycles. The van der Waals surface area contributed by atoms with E-state index in [9.17, 15) is 19.2 Å². The highest BCUT2D eigenvalue weighted by Gasteiger charge is 2.45. The molecule has 0 spiro atoms. The van der Waals surface area contributed by atoms with E-state index in [1.54, 1.807) is 31.2 Å². The number of amides is 5. The highest BCUT2D eigenvalue weighted by atomic mass is 16.3. The molecule has 8 heteroatoms. The third-order valence-corrected chi connectivity index (χ3v) is 4.87. The minimum atomic E-state index is -1.01. The Morgan fingerprint density at radius 3 is 2.37 bits per heavy atom. The van der Waals surface area contributed by atoms with Crippen molar-refractivity contribution >= 4 is 34.7 Å². The van der Waals surface area contributed by atoms with Gasteiger partial charge in [-0.3, -0.25) is 19.3 Å². The van der Waals surface area contributed by atoms with E-state index in [1.165, 1.54) is 0 Å². The Hall–Kier alpha value is -3.94. The lowest BCUT2D eigenvalue weighted by Gasteiger charge is -2.17. The zero-order valence-electron chi connectivity index (χ0n) is 16.2. The summed E-state index contributed by atoms with van der Waals surface area (Å²) in [7, 11) is 0. The summed E-state index contributed by atoms with van der Waals surface area (Å²) >= 11 is 0. The van der Waals surface area contributed by atoms with Gasteiger partial charge in [0.2, 0.25) is 5.91 Å². The average Bonchev–Trinajstić information content (AvgIpc) is 3.26. The number of imide groups is 2. The first-order chi connectivity index (χ1) is 14.4. The van der Waals surface area contributed by atoms with Crippen molar-refractivity contribution in [3.8, 4) is 0 Å².